The second-order valence-corrected chi connectivity index (χ2v) is 4.56. The van der Waals surface area contributed by atoms with Gasteiger partial charge in [-0.1, -0.05) is 18.2 Å². The largest absolute Gasteiger partial charge is 0.331 e. The van der Waals surface area contributed by atoms with Crippen LogP contribution in [0.5, 0.6) is 0 Å². The van der Waals surface area contributed by atoms with E-state index in [0.29, 0.717) is 0 Å². The number of rotatable bonds is 3. The first kappa shape index (κ1) is 11.2. The summed E-state index contributed by atoms with van der Waals surface area (Å²) < 4.78 is 2.89. The van der Waals surface area contributed by atoms with Gasteiger partial charge >= 0.3 is 0 Å². The summed E-state index contributed by atoms with van der Waals surface area (Å²) >= 11 is 5.36. The number of pyridine rings is 1. The molecule has 0 aliphatic rings. The molecule has 0 radical (unpaired) electrons. The van der Waals surface area contributed by atoms with E-state index in [1.165, 1.54) is 0 Å². The molecule has 3 aromatic rings. The average Bonchev–Trinajstić information content (AvgIpc) is 2.73. The van der Waals surface area contributed by atoms with Gasteiger partial charge in [0.15, 0.2) is 4.77 Å². The molecule has 0 unspecified atom stereocenters. The van der Waals surface area contributed by atoms with Gasteiger partial charge in [-0.15, -0.1) is 0 Å². The zero-order valence-electron chi connectivity index (χ0n) is 9.84. The highest BCUT2D eigenvalue weighted by Gasteiger charge is 2.03. The van der Waals surface area contributed by atoms with Gasteiger partial charge in [0.1, 0.15) is 0 Å². The summed E-state index contributed by atoms with van der Waals surface area (Å²) in [6.07, 6.45) is 2.71. The summed E-state index contributed by atoms with van der Waals surface area (Å²) in [5.74, 6) is 0. The number of imidazole rings is 1. The SMILES string of the molecule is S=c1[nH]c2ccccc2n1CCc1ccccn1. The van der Waals surface area contributed by atoms with Crippen molar-refractivity contribution in [3.8, 4) is 0 Å². The van der Waals surface area contributed by atoms with Crippen molar-refractivity contribution in [3.05, 3.63) is 59.1 Å². The van der Waals surface area contributed by atoms with Crippen LogP contribution in [0.1, 0.15) is 5.69 Å². The molecular formula is C14H13N3S. The molecule has 90 valence electrons. The van der Waals surface area contributed by atoms with E-state index < -0.39 is 0 Å². The van der Waals surface area contributed by atoms with Gasteiger partial charge in [0, 0.05) is 24.9 Å². The molecule has 0 bridgehead atoms. The zero-order chi connectivity index (χ0) is 12.4. The molecule has 0 atom stereocenters. The first-order valence-corrected chi connectivity index (χ1v) is 6.33. The third-order valence-corrected chi connectivity index (χ3v) is 3.32. The van der Waals surface area contributed by atoms with E-state index in [2.05, 4.69) is 20.6 Å². The lowest BCUT2D eigenvalue weighted by atomic mass is 10.2. The minimum Gasteiger partial charge on any atom is -0.331 e. The van der Waals surface area contributed by atoms with E-state index in [1.54, 1.807) is 0 Å². The quantitative estimate of drug-likeness (QED) is 0.728. The van der Waals surface area contributed by atoms with Gasteiger partial charge in [0.2, 0.25) is 0 Å². The highest BCUT2D eigenvalue weighted by atomic mass is 32.1. The van der Waals surface area contributed by atoms with Crippen LogP contribution in [0, 0.1) is 4.77 Å². The van der Waals surface area contributed by atoms with Crippen LogP contribution in [0.4, 0.5) is 0 Å². The Morgan fingerprint density at radius 1 is 1.11 bits per heavy atom. The number of nitrogens with one attached hydrogen (secondary N) is 1. The maximum Gasteiger partial charge on any atom is 0.178 e. The number of H-pyrrole nitrogens is 1. The fourth-order valence-corrected chi connectivity index (χ4v) is 2.40. The Labute approximate surface area is 110 Å². The summed E-state index contributed by atoms with van der Waals surface area (Å²) in [6, 6.07) is 14.2. The van der Waals surface area contributed by atoms with E-state index >= 15 is 0 Å². The molecule has 1 N–H and O–H groups in total. The van der Waals surface area contributed by atoms with Gasteiger partial charge in [-0.05, 0) is 36.5 Å². The average molecular weight is 255 g/mol. The number of benzene rings is 1. The first-order chi connectivity index (χ1) is 8.84. The molecule has 0 fully saturated rings. The molecule has 1 aromatic carbocycles. The summed E-state index contributed by atoms with van der Waals surface area (Å²) in [6.45, 7) is 0.847. The molecule has 2 aromatic heterocycles. The van der Waals surface area contributed by atoms with E-state index in [-0.39, 0.29) is 0 Å². The normalized spacial score (nSPS) is 10.9. The van der Waals surface area contributed by atoms with Crippen LogP contribution in [0.2, 0.25) is 0 Å². The molecule has 18 heavy (non-hydrogen) atoms. The lowest BCUT2D eigenvalue weighted by Crippen LogP contribution is -2.02. The second-order valence-electron chi connectivity index (χ2n) is 4.17. The van der Waals surface area contributed by atoms with Crippen molar-refractivity contribution in [2.24, 2.45) is 0 Å². The second kappa shape index (κ2) is 4.74. The standard InChI is InChI=1S/C14H13N3S/c18-14-16-12-6-1-2-7-13(12)17(14)10-8-11-5-3-4-9-15-11/h1-7,9H,8,10H2,(H,16,18). The summed E-state index contributed by atoms with van der Waals surface area (Å²) in [5, 5.41) is 0. The Hall–Kier alpha value is -1.94. The number of aryl methyl sites for hydroxylation is 2. The Morgan fingerprint density at radius 3 is 2.78 bits per heavy atom. The van der Waals surface area contributed by atoms with Crippen LogP contribution in [-0.4, -0.2) is 14.5 Å². The molecule has 4 heteroatoms. The number of aromatic amines is 1. The minimum absolute atomic E-state index is 0.770. The van der Waals surface area contributed by atoms with E-state index in [1.807, 2.05) is 42.6 Å². The summed E-state index contributed by atoms with van der Waals surface area (Å²) in [4.78, 5) is 7.55. The predicted molar refractivity (Wildman–Crippen MR) is 75.1 cm³/mol. The highest BCUT2D eigenvalue weighted by molar-refractivity contribution is 7.71. The Kier molecular flexibility index (Phi) is 2.94. The Bertz CT molecular complexity index is 712. The van der Waals surface area contributed by atoms with Crippen LogP contribution < -0.4 is 0 Å². The van der Waals surface area contributed by atoms with E-state index in [0.717, 1.165) is 34.5 Å². The van der Waals surface area contributed by atoms with Crippen LogP contribution >= 0.6 is 12.2 Å². The molecule has 2 heterocycles. The fraction of sp³-hybridized carbons (Fsp3) is 0.143. The van der Waals surface area contributed by atoms with Crippen LogP contribution in [0.15, 0.2) is 48.7 Å². The van der Waals surface area contributed by atoms with Crippen LogP contribution in [-0.2, 0) is 13.0 Å². The Balaban J connectivity index is 1.91. The molecule has 0 amide bonds. The number of hydrogen-bond donors (Lipinski definition) is 1. The van der Waals surface area contributed by atoms with Gasteiger partial charge in [-0.3, -0.25) is 4.98 Å². The zero-order valence-corrected chi connectivity index (χ0v) is 10.7. The molecule has 0 aliphatic heterocycles. The predicted octanol–water partition coefficient (Wildman–Crippen LogP) is 3.34. The molecule has 0 saturated carbocycles. The fourth-order valence-electron chi connectivity index (χ4n) is 2.10. The minimum atomic E-state index is 0.770. The third-order valence-electron chi connectivity index (χ3n) is 3.00. The summed E-state index contributed by atoms with van der Waals surface area (Å²) in [5.41, 5.74) is 3.33. The summed E-state index contributed by atoms with van der Waals surface area (Å²) in [7, 11) is 0. The molecule has 3 rings (SSSR count). The van der Waals surface area contributed by atoms with Gasteiger partial charge < -0.3 is 9.55 Å². The number of para-hydroxylation sites is 2. The lowest BCUT2D eigenvalue weighted by molar-refractivity contribution is 0.695. The van der Waals surface area contributed by atoms with E-state index in [4.69, 9.17) is 12.2 Å². The Morgan fingerprint density at radius 2 is 1.94 bits per heavy atom. The third kappa shape index (κ3) is 2.07. The number of aromatic nitrogens is 3. The van der Waals surface area contributed by atoms with Crippen molar-refractivity contribution in [1.29, 1.82) is 0 Å². The van der Waals surface area contributed by atoms with Gasteiger partial charge in [0.25, 0.3) is 0 Å². The maximum atomic E-state index is 5.36. The highest BCUT2D eigenvalue weighted by Crippen LogP contribution is 2.14. The number of hydrogen-bond acceptors (Lipinski definition) is 2. The van der Waals surface area contributed by atoms with Crippen LogP contribution in [0.3, 0.4) is 0 Å². The first-order valence-electron chi connectivity index (χ1n) is 5.92. The topological polar surface area (TPSA) is 33.6 Å². The van der Waals surface area contributed by atoms with Crippen LogP contribution in [0.25, 0.3) is 11.0 Å². The molecule has 0 aliphatic carbocycles. The molecule has 0 saturated heterocycles. The van der Waals surface area contributed by atoms with Gasteiger partial charge in [0.05, 0.1) is 11.0 Å². The lowest BCUT2D eigenvalue weighted by Gasteiger charge is -2.03. The smallest absolute Gasteiger partial charge is 0.178 e. The number of fused-ring (bicyclic) bond motifs is 1. The van der Waals surface area contributed by atoms with Crippen molar-refractivity contribution in [3.63, 3.8) is 0 Å². The molecular weight excluding hydrogens is 242 g/mol. The molecule has 0 spiro atoms. The van der Waals surface area contributed by atoms with Crippen molar-refractivity contribution in [2.45, 2.75) is 13.0 Å². The maximum absolute atomic E-state index is 5.36. The molecule has 3 nitrogen and oxygen atoms in total. The van der Waals surface area contributed by atoms with Gasteiger partial charge in [-0.2, -0.15) is 0 Å². The van der Waals surface area contributed by atoms with Crippen molar-refractivity contribution in [1.82, 2.24) is 14.5 Å². The van der Waals surface area contributed by atoms with Crippen molar-refractivity contribution in [2.75, 3.05) is 0 Å². The van der Waals surface area contributed by atoms with Crippen molar-refractivity contribution < 1.29 is 0 Å². The number of nitrogens with zero attached hydrogens (tertiary/aromatic N) is 2. The van der Waals surface area contributed by atoms with E-state index in [9.17, 15) is 0 Å². The van der Waals surface area contributed by atoms with Crippen molar-refractivity contribution >= 4 is 23.3 Å². The van der Waals surface area contributed by atoms with Gasteiger partial charge in [-0.25, -0.2) is 0 Å². The monoisotopic (exact) mass is 255 g/mol.